The molecule has 0 spiro atoms. The van der Waals surface area contributed by atoms with E-state index in [0.29, 0.717) is 13.1 Å². The molecule has 3 rings (SSSR count). The predicted molar refractivity (Wildman–Crippen MR) is 120 cm³/mol. The Bertz CT molecular complexity index is 830. The van der Waals surface area contributed by atoms with E-state index in [0.717, 1.165) is 36.3 Å². The Kier molecular flexibility index (Phi) is 7.60. The summed E-state index contributed by atoms with van der Waals surface area (Å²) in [5.41, 5.74) is 4.24. The predicted octanol–water partition coefficient (Wildman–Crippen LogP) is 5.37. The summed E-state index contributed by atoms with van der Waals surface area (Å²) in [4.78, 5) is 17.6. The summed E-state index contributed by atoms with van der Waals surface area (Å²) >= 11 is 0. The summed E-state index contributed by atoms with van der Waals surface area (Å²) in [5.74, 6) is 0.0621. The van der Waals surface area contributed by atoms with Crippen LogP contribution in [0, 0.1) is 0 Å². The highest BCUT2D eigenvalue weighted by atomic mass is 16.2. The van der Waals surface area contributed by atoms with Crippen LogP contribution in [0.3, 0.4) is 0 Å². The molecule has 0 bridgehead atoms. The number of benzene rings is 3. The van der Waals surface area contributed by atoms with Crippen molar-refractivity contribution >= 4 is 5.91 Å². The Hall–Kier alpha value is -2.91. The van der Waals surface area contributed by atoms with Crippen LogP contribution in [0.2, 0.25) is 0 Å². The third-order valence-corrected chi connectivity index (χ3v) is 5.22. The van der Waals surface area contributed by atoms with E-state index in [-0.39, 0.29) is 5.91 Å². The van der Waals surface area contributed by atoms with Crippen molar-refractivity contribution in [3.05, 3.63) is 107 Å². The van der Waals surface area contributed by atoms with Crippen LogP contribution in [0.5, 0.6) is 0 Å². The fourth-order valence-electron chi connectivity index (χ4n) is 3.45. The molecule has 1 amide bonds. The molecule has 29 heavy (non-hydrogen) atoms. The van der Waals surface area contributed by atoms with Crippen molar-refractivity contribution in [2.75, 3.05) is 13.1 Å². The highest BCUT2D eigenvalue weighted by Gasteiger charge is 2.17. The van der Waals surface area contributed by atoms with Gasteiger partial charge in [0.2, 0.25) is 0 Å². The molecule has 0 saturated heterocycles. The molecule has 0 radical (unpaired) electrons. The van der Waals surface area contributed by atoms with Crippen LogP contribution in [0.4, 0.5) is 0 Å². The monoisotopic (exact) mass is 386 g/mol. The summed E-state index contributed by atoms with van der Waals surface area (Å²) in [7, 11) is 0. The second kappa shape index (κ2) is 10.6. The molecular formula is C26H30N2O. The van der Waals surface area contributed by atoms with Gasteiger partial charge < -0.3 is 4.90 Å². The molecule has 0 aliphatic heterocycles. The summed E-state index contributed by atoms with van der Waals surface area (Å²) in [6, 6.07) is 28.4. The van der Waals surface area contributed by atoms with Crippen LogP contribution in [0.25, 0.3) is 0 Å². The largest absolute Gasteiger partial charge is 0.330 e. The lowest BCUT2D eigenvalue weighted by molar-refractivity contribution is 0.0730. The summed E-state index contributed by atoms with van der Waals surface area (Å²) in [6.45, 7) is 8.50. The number of carbonyl (C=O) groups is 1. The fraction of sp³-hybridized carbons (Fsp3) is 0.269. The van der Waals surface area contributed by atoms with E-state index in [1.807, 2.05) is 53.4 Å². The van der Waals surface area contributed by atoms with E-state index >= 15 is 0 Å². The molecule has 150 valence electrons. The van der Waals surface area contributed by atoms with E-state index in [4.69, 9.17) is 0 Å². The quantitative estimate of drug-likeness (QED) is 0.493. The third-order valence-electron chi connectivity index (χ3n) is 5.22. The minimum Gasteiger partial charge on any atom is -0.330 e. The SMILES string of the molecule is CCN(CC)Cc1ccc(C(=O)N(Cc2ccccc2)Cc2ccccc2)cc1. The first kappa shape index (κ1) is 20.8. The maximum atomic E-state index is 13.3. The molecule has 3 aromatic carbocycles. The Balaban J connectivity index is 1.78. The van der Waals surface area contributed by atoms with Crippen LogP contribution in [-0.4, -0.2) is 28.8 Å². The number of nitrogens with zero attached hydrogens (tertiary/aromatic N) is 2. The average molecular weight is 387 g/mol. The van der Waals surface area contributed by atoms with Gasteiger partial charge in [0.1, 0.15) is 0 Å². The van der Waals surface area contributed by atoms with Gasteiger partial charge in [-0.05, 0) is 41.9 Å². The number of carbonyl (C=O) groups excluding carboxylic acids is 1. The minimum absolute atomic E-state index is 0.0621. The second-order valence-electron chi connectivity index (χ2n) is 7.29. The maximum Gasteiger partial charge on any atom is 0.254 e. The van der Waals surface area contributed by atoms with E-state index < -0.39 is 0 Å². The second-order valence-corrected chi connectivity index (χ2v) is 7.29. The van der Waals surface area contributed by atoms with Gasteiger partial charge in [0.25, 0.3) is 5.91 Å². The van der Waals surface area contributed by atoms with Crippen molar-refractivity contribution in [2.24, 2.45) is 0 Å². The van der Waals surface area contributed by atoms with Gasteiger partial charge in [-0.25, -0.2) is 0 Å². The van der Waals surface area contributed by atoms with Crippen molar-refractivity contribution in [2.45, 2.75) is 33.5 Å². The number of hydrogen-bond acceptors (Lipinski definition) is 2. The van der Waals surface area contributed by atoms with E-state index in [2.05, 4.69) is 55.1 Å². The Morgan fingerprint density at radius 1 is 0.621 bits per heavy atom. The minimum atomic E-state index is 0.0621. The van der Waals surface area contributed by atoms with Gasteiger partial charge in [0, 0.05) is 25.2 Å². The molecule has 0 aromatic heterocycles. The molecule has 0 N–H and O–H groups in total. The van der Waals surface area contributed by atoms with Crippen LogP contribution in [0.1, 0.15) is 40.9 Å². The average Bonchev–Trinajstić information content (AvgIpc) is 2.78. The molecule has 3 nitrogen and oxygen atoms in total. The lowest BCUT2D eigenvalue weighted by atomic mass is 10.1. The van der Waals surface area contributed by atoms with Gasteiger partial charge in [-0.2, -0.15) is 0 Å². The zero-order valence-electron chi connectivity index (χ0n) is 17.4. The maximum absolute atomic E-state index is 13.3. The lowest BCUT2D eigenvalue weighted by Gasteiger charge is -2.24. The van der Waals surface area contributed by atoms with Crippen molar-refractivity contribution in [3.8, 4) is 0 Å². The van der Waals surface area contributed by atoms with Crippen LogP contribution in [0.15, 0.2) is 84.9 Å². The van der Waals surface area contributed by atoms with Crippen molar-refractivity contribution in [3.63, 3.8) is 0 Å². The normalized spacial score (nSPS) is 10.9. The van der Waals surface area contributed by atoms with Gasteiger partial charge in [-0.15, -0.1) is 0 Å². The molecule has 0 unspecified atom stereocenters. The van der Waals surface area contributed by atoms with Crippen molar-refractivity contribution < 1.29 is 4.79 Å². The molecule has 3 aromatic rings. The molecule has 3 heteroatoms. The Morgan fingerprint density at radius 2 is 1.07 bits per heavy atom. The molecule has 0 aliphatic rings. The van der Waals surface area contributed by atoms with Gasteiger partial charge in [0.05, 0.1) is 0 Å². The molecule has 0 aliphatic carbocycles. The molecule has 0 atom stereocenters. The van der Waals surface area contributed by atoms with Crippen LogP contribution < -0.4 is 0 Å². The number of amides is 1. The third kappa shape index (κ3) is 6.03. The standard InChI is InChI=1S/C26H30N2O/c1-3-27(4-2)19-24-15-17-25(18-16-24)26(29)28(20-22-11-7-5-8-12-22)21-23-13-9-6-10-14-23/h5-18H,3-4,19-21H2,1-2H3. The van der Waals surface area contributed by atoms with Gasteiger partial charge in [-0.1, -0.05) is 86.6 Å². The van der Waals surface area contributed by atoms with Crippen molar-refractivity contribution in [1.29, 1.82) is 0 Å². The Labute approximate surface area is 174 Å². The van der Waals surface area contributed by atoms with Crippen LogP contribution in [-0.2, 0) is 19.6 Å². The molecular weight excluding hydrogens is 356 g/mol. The molecule has 0 heterocycles. The van der Waals surface area contributed by atoms with Gasteiger partial charge in [0.15, 0.2) is 0 Å². The van der Waals surface area contributed by atoms with E-state index in [1.165, 1.54) is 5.56 Å². The van der Waals surface area contributed by atoms with Crippen LogP contribution >= 0.6 is 0 Å². The zero-order chi connectivity index (χ0) is 20.5. The Morgan fingerprint density at radius 3 is 1.52 bits per heavy atom. The highest BCUT2D eigenvalue weighted by molar-refractivity contribution is 5.94. The van der Waals surface area contributed by atoms with E-state index in [9.17, 15) is 4.79 Å². The van der Waals surface area contributed by atoms with Gasteiger partial charge >= 0.3 is 0 Å². The van der Waals surface area contributed by atoms with Crippen molar-refractivity contribution in [1.82, 2.24) is 9.80 Å². The smallest absolute Gasteiger partial charge is 0.254 e. The fourth-order valence-corrected chi connectivity index (χ4v) is 3.45. The first-order valence-electron chi connectivity index (χ1n) is 10.4. The summed E-state index contributed by atoms with van der Waals surface area (Å²) < 4.78 is 0. The first-order chi connectivity index (χ1) is 14.2. The van der Waals surface area contributed by atoms with E-state index in [1.54, 1.807) is 0 Å². The molecule has 0 fully saturated rings. The van der Waals surface area contributed by atoms with Gasteiger partial charge in [-0.3, -0.25) is 9.69 Å². The number of rotatable bonds is 9. The zero-order valence-corrected chi connectivity index (χ0v) is 17.4. The first-order valence-corrected chi connectivity index (χ1v) is 10.4. The summed E-state index contributed by atoms with van der Waals surface area (Å²) in [5, 5.41) is 0. The number of hydrogen-bond donors (Lipinski definition) is 0. The lowest BCUT2D eigenvalue weighted by Crippen LogP contribution is -2.30. The highest BCUT2D eigenvalue weighted by Crippen LogP contribution is 2.16. The topological polar surface area (TPSA) is 23.6 Å². The molecule has 0 saturated carbocycles. The summed E-state index contributed by atoms with van der Waals surface area (Å²) in [6.07, 6.45) is 0.